The predicted molar refractivity (Wildman–Crippen MR) is 114 cm³/mol. The second-order valence-corrected chi connectivity index (χ2v) is 14.4. The zero-order valence-corrected chi connectivity index (χ0v) is 21.5. The number of ether oxygens (including phenoxy) is 1. The molecule has 0 aromatic rings. The van der Waals surface area contributed by atoms with Crippen molar-refractivity contribution in [3.8, 4) is 0 Å². The molecule has 0 fully saturated rings. The van der Waals surface area contributed by atoms with Crippen molar-refractivity contribution in [3.05, 3.63) is 0 Å². The van der Waals surface area contributed by atoms with E-state index in [0.717, 1.165) is 0 Å². The Kier molecular flexibility index (Phi) is 10.00. The van der Waals surface area contributed by atoms with Crippen molar-refractivity contribution in [2.75, 3.05) is 20.8 Å². The fourth-order valence-corrected chi connectivity index (χ4v) is 5.23. The normalized spacial score (nSPS) is 16.9. The van der Waals surface area contributed by atoms with Gasteiger partial charge in [0.15, 0.2) is 5.34 Å². The zero-order chi connectivity index (χ0) is 22.7. The van der Waals surface area contributed by atoms with E-state index < -0.39 is 32.0 Å². The summed E-state index contributed by atoms with van der Waals surface area (Å²) >= 11 is 4.47. The van der Waals surface area contributed by atoms with Crippen molar-refractivity contribution in [2.45, 2.75) is 89.5 Å². The minimum atomic E-state index is -4.14. The highest BCUT2D eigenvalue weighted by Gasteiger charge is 2.46. The molecule has 0 rings (SSSR count). The maximum atomic E-state index is 12.9. The van der Waals surface area contributed by atoms with Gasteiger partial charge in [-0.1, -0.05) is 13.8 Å². The zero-order valence-electron chi connectivity index (χ0n) is 18.8. The van der Waals surface area contributed by atoms with Crippen LogP contribution in [0.4, 0.5) is 0 Å². The molecule has 1 unspecified atom stereocenters. The van der Waals surface area contributed by atoms with Crippen molar-refractivity contribution < 1.29 is 36.9 Å². The van der Waals surface area contributed by atoms with Crippen LogP contribution >= 0.6 is 28.0 Å². The van der Waals surface area contributed by atoms with Crippen LogP contribution in [0.25, 0.3) is 0 Å². The van der Waals surface area contributed by atoms with Crippen LogP contribution in [0.2, 0.25) is 0 Å². The lowest BCUT2D eigenvalue weighted by atomic mass is 9.96. The fraction of sp³-hybridized carbons (Fsp3) is 1.00. The third-order valence-electron chi connectivity index (χ3n) is 3.88. The highest BCUT2D eigenvalue weighted by Crippen LogP contribution is 2.59. The van der Waals surface area contributed by atoms with Crippen LogP contribution in [-0.2, 0) is 32.0 Å². The Labute approximate surface area is 175 Å². The molecule has 0 amide bonds. The van der Waals surface area contributed by atoms with Gasteiger partial charge in [-0.3, -0.25) is 18.1 Å². The standard InChI is InChI=1S/C17H38O8P2S/c1-14(2,25-27(20,21-9)22-10)11-12-23-17(7,8)26(18,19)24-15(3,4)13-16(5,6)28/h28H,11-13H2,1-10H3,(H,18,19). The maximum absolute atomic E-state index is 12.9. The number of phosphoric acid groups is 1. The first-order valence-corrected chi connectivity index (χ1v) is 12.5. The Bertz CT molecular complexity index is 590. The highest BCUT2D eigenvalue weighted by molar-refractivity contribution is 7.81. The lowest BCUT2D eigenvalue weighted by Gasteiger charge is -2.38. The van der Waals surface area contributed by atoms with Crippen LogP contribution in [0, 0.1) is 0 Å². The first-order chi connectivity index (χ1) is 12.2. The molecular formula is C17H38O8P2S. The molecule has 0 aromatic carbocycles. The molecule has 0 aliphatic heterocycles. The van der Waals surface area contributed by atoms with Gasteiger partial charge in [-0.2, -0.15) is 12.6 Å². The second kappa shape index (κ2) is 9.80. The van der Waals surface area contributed by atoms with E-state index in [1.54, 1.807) is 27.7 Å². The number of hydrogen-bond donors (Lipinski definition) is 2. The minimum absolute atomic E-state index is 0.0693. The Morgan fingerprint density at radius 3 is 1.71 bits per heavy atom. The first kappa shape index (κ1) is 28.6. The lowest BCUT2D eigenvalue weighted by molar-refractivity contribution is -0.0320. The number of hydrogen-bond acceptors (Lipinski definition) is 8. The SMILES string of the molecule is COP(=O)(OC)OC(C)(C)CCOC(C)(C)P(=O)(O)OC(C)(C)CC(C)(C)S. The molecule has 0 heterocycles. The summed E-state index contributed by atoms with van der Waals surface area (Å²) in [6.07, 6.45) is 0.744. The molecule has 0 spiro atoms. The van der Waals surface area contributed by atoms with Crippen LogP contribution in [0.1, 0.15) is 68.2 Å². The van der Waals surface area contributed by atoms with Crippen LogP contribution < -0.4 is 0 Å². The van der Waals surface area contributed by atoms with E-state index in [9.17, 15) is 14.0 Å². The van der Waals surface area contributed by atoms with E-state index in [1.165, 1.54) is 28.1 Å². The molecule has 170 valence electrons. The summed E-state index contributed by atoms with van der Waals surface area (Å²) in [6, 6.07) is 0. The van der Waals surface area contributed by atoms with Gasteiger partial charge in [0.2, 0.25) is 0 Å². The van der Waals surface area contributed by atoms with Crippen LogP contribution in [0.5, 0.6) is 0 Å². The molecule has 8 nitrogen and oxygen atoms in total. The van der Waals surface area contributed by atoms with Gasteiger partial charge in [-0.25, -0.2) is 4.57 Å². The first-order valence-electron chi connectivity index (χ1n) is 9.02. The molecule has 0 aliphatic carbocycles. The Balaban J connectivity index is 4.99. The smallest absolute Gasteiger partial charge is 0.363 e. The molecule has 28 heavy (non-hydrogen) atoms. The van der Waals surface area contributed by atoms with Gasteiger partial charge in [0.1, 0.15) is 0 Å². The van der Waals surface area contributed by atoms with Crippen LogP contribution in [0.15, 0.2) is 0 Å². The Morgan fingerprint density at radius 1 is 0.857 bits per heavy atom. The summed E-state index contributed by atoms with van der Waals surface area (Å²) in [4.78, 5) is 10.5. The average Bonchev–Trinajstić information content (AvgIpc) is 2.41. The van der Waals surface area contributed by atoms with Crippen molar-refractivity contribution >= 4 is 28.0 Å². The molecule has 0 bridgehead atoms. The number of thiol groups is 1. The quantitative estimate of drug-likeness (QED) is 0.276. The Hall–Kier alpha value is 0.570. The topological polar surface area (TPSA) is 101 Å². The molecule has 11 heteroatoms. The van der Waals surface area contributed by atoms with Crippen LogP contribution in [-0.4, -0.2) is 47.0 Å². The van der Waals surface area contributed by atoms with Crippen molar-refractivity contribution in [2.24, 2.45) is 0 Å². The van der Waals surface area contributed by atoms with E-state index in [1.807, 2.05) is 13.8 Å². The van der Waals surface area contributed by atoms with E-state index in [2.05, 4.69) is 12.6 Å². The summed E-state index contributed by atoms with van der Waals surface area (Å²) in [5.74, 6) is 0. The molecular weight excluding hydrogens is 426 g/mol. The molecule has 0 aromatic heterocycles. The summed E-state index contributed by atoms with van der Waals surface area (Å²) in [6.45, 7) is 13.8. The third kappa shape index (κ3) is 10.1. The van der Waals surface area contributed by atoms with Gasteiger partial charge in [0.05, 0.1) is 17.8 Å². The highest BCUT2D eigenvalue weighted by atomic mass is 32.1. The third-order valence-corrected chi connectivity index (χ3v) is 7.88. The molecule has 0 aliphatic rings. The maximum Gasteiger partial charge on any atom is 0.474 e. The van der Waals surface area contributed by atoms with Gasteiger partial charge < -0.3 is 14.2 Å². The molecule has 0 radical (unpaired) electrons. The predicted octanol–water partition coefficient (Wildman–Crippen LogP) is 5.40. The summed E-state index contributed by atoms with van der Waals surface area (Å²) in [5.41, 5.74) is -1.78. The lowest BCUT2D eigenvalue weighted by Crippen LogP contribution is -2.36. The summed E-state index contributed by atoms with van der Waals surface area (Å²) < 4.78 is 50.9. The molecule has 1 N–H and O–H groups in total. The molecule has 1 atom stereocenters. The van der Waals surface area contributed by atoms with E-state index in [0.29, 0.717) is 6.42 Å². The average molecular weight is 464 g/mol. The van der Waals surface area contributed by atoms with Gasteiger partial charge in [0.25, 0.3) is 0 Å². The van der Waals surface area contributed by atoms with Gasteiger partial charge in [-0.05, 0) is 54.4 Å². The molecule has 0 saturated carbocycles. The van der Waals surface area contributed by atoms with Crippen molar-refractivity contribution in [1.82, 2.24) is 0 Å². The van der Waals surface area contributed by atoms with Gasteiger partial charge in [0, 0.05) is 19.0 Å². The van der Waals surface area contributed by atoms with Gasteiger partial charge in [-0.15, -0.1) is 0 Å². The fourth-order valence-electron chi connectivity index (χ4n) is 2.64. The van der Waals surface area contributed by atoms with E-state index >= 15 is 0 Å². The Morgan fingerprint density at radius 2 is 1.32 bits per heavy atom. The van der Waals surface area contributed by atoms with E-state index in [-0.39, 0.29) is 17.8 Å². The minimum Gasteiger partial charge on any atom is -0.363 e. The molecule has 0 saturated heterocycles. The largest absolute Gasteiger partial charge is 0.474 e. The van der Waals surface area contributed by atoms with Crippen molar-refractivity contribution in [3.63, 3.8) is 0 Å². The number of phosphoric ester groups is 1. The summed E-state index contributed by atoms with van der Waals surface area (Å²) in [5, 5.41) is -1.45. The van der Waals surface area contributed by atoms with Gasteiger partial charge >= 0.3 is 15.4 Å². The van der Waals surface area contributed by atoms with E-state index in [4.69, 9.17) is 22.8 Å². The van der Waals surface area contributed by atoms with Crippen LogP contribution in [0.3, 0.4) is 0 Å². The van der Waals surface area contributed by atoms with Crippen molar-refractivity contribution in [1.29, 1.82) is 0 Å². The monoisotopic (exact) mass is 464 g/mol. The number of rotatable bonds is 13. The summed E-state index contributed by atoms with van der Waals surface area (Å²) in [7, 11) is -5.34. The second-order valence-electron chi connectivity index (χ2n) is 9.07.